The molecule has 1 aromatic rings. The Morgan fingerprint density at radius 1 is 1.37 bits per heavy atom. The summed E-state index contributed by atoms with van der Waals surface area (Å²) in [5.74, 6) is -0.158. The number of halogens is 2. The summed E-state index contributed by atoms with van der Waals surface area (Å²) in [4.78, 5) is 14.2. The van der Waals surface area contributed by atoms with Crippen molar-refractivity contribution < 1.29 is 9.53 Å². The number of morpholine rings is 1. The molecule has 2 rings (SSSR count). The molecule has 0 radical (unpaired) electrons. The fourth-order valence-electron chi connectivity index (χ4n) is 1.87. The van der Waals surface area contributed by atoms with Crippen molar-refractivity contribution in [1.29, 1.82) is 0 Å². The molecule has 0 spiro atoms. The molecule has 1 aliphatic heterocycles. The van der Waals surface area contributed by atoms with Crippen LogP contribution in [0.3, 0.4) is 0 Å². The van der Waals surface area contributed by atoms with E-state index in [1.807, 2.05) is 0 Å². The van der Waals surface area contributed by atoms with Crippen LogP contribution in [0.5, 0.6) is 0 Å². The number of hydrogen-bond acceptors (Lipinski definition) is 3. The average Bonchev–Trinajstić information content (AvgIpc) is 2.37. The smallest absolute Gasteiger partial charge is 0.254 e. The van der Waals surface area contributed by atoms with E-state index in [1.54, 1.807) is 23.1 Å². The molecule has 7 heteroatoms. The van der Waals surface area contributed by atoms with Gasteiger partial charge in [-0.2, -0.15) is 0 Å². The van der Waals surface area contributed by atoms with Gasteiger partial charge in [0.1, 0.15) is 11.1 Å². The molecule has 0 aromatic heterocycles. The quantitative estimate of drug-likeness (QED) is 0.849. The highest BCUT2D eigenvalue weighted by atomic mass is 35.5. The van der Waals surface area contributed by atoms with Crippen LogP contribution in [-0.4, -0.2) is 41.6 Å². The van der Waals surface area contributed by atoms with Crippen LogP contribution in [0, 0.1) is 0 Å². The lowest BCUT2D eigenvalue weighted by Gasteiger charge is -2.32. The van der Waals surface area contributed by atoms with Crippen molar-refractivity contribution >= 4 is 46.3 Å². The first kappa shape index (κ1) is 14.5. The second kappa shape index (κ2) is 6.05. The summed E-state index contributed by atoms with van der Waals surface area (Å²) >= 11 is 16.7. The summed E-state index contributed by atoms with van der Waals surface area (Å²) in [7, 11) is 0. The van der Waals surface area contributed by atoms with Gasteiger partial charge < -0.3 is 15.4 Å². The summed E-state index contributed by atoms with van der Waals surface area (Å²) < 4.78 is 5.39. The van der Waals surface area contributed by atoms with Crippen LogP contribution in [0.1, 0.15) is 10.4 Å². The first-order valence-corrected chi connectivity index (χ1v) is 6.80. The van der Waals surface area contributed by atoms with E-state index in [-0.39, 0.29) is 10.9 Å². The molecule has 4 nitrogen and oxygen atoms in total. The van der Waals surface area contributed by atoms with Gasteiger partial charge >= 0.3 is 0 Å². The average molecular weight is 319 g/mol. The van der Waals surface area contributed by atoms with Gasteiger partial charge in [-0.3, -0.25) is 4.79 Å². The van der Waals surface area contributed by atoms with E-state index in [0.717, 1.165) is 0 Å². The van der Waals surface area contributed by atoms with Crippen LogP contribution in [-0.2, 0) is 4.74 Å². The summed E-state index contributed by atoms with van der Waals surface area (Å²) in [5.41, 5.74) is 5.99. The monoisotopic (exact) mass is 318 g/mol. The molecule has 1 aliphatic rings. The molecule has 1 heterocycles. The predicted octanol–water partition coefficient (Wildman–Crippen LogP) is 2.12. The summed E-state index contributed by atoms with van der Waals surface area (Å²) in [6, 6.07) is 4.75. The SMILES string of the molecule is NC(=S)C1CN(C(=O)c2cc(Cl)cc(Cl)c2)CCO1. The van der Waals surface area contributed by atoms with Gasteiger partial charge in [0.15, 0.2) is 0 Å². The van der Waals surface area contributed by atoms with E-state index in [2.05, 4.69) is 0 Å². The van der Waals surface area contributed by atoms with E-state index in [0.29, 0.717) is 35.3 Å². The number of ether oxygens (including phenoxy) is 1. The Morgan fingerprint density at radius 2 is 2.00 bits per heavy atom. The fraction of sp³-hybridized carbons (Fsp3) is 0.333. The number of rotatable bonds is 2. The van der Waals surface area contributed by atoms with Crippen LogP contribution < -0.4 is 5.73 Å². The van der Waals surface area contributed by atoms with Crippen LogP contribution in [0.25, 0.3) is 0 Å². The van der Waals surface area contributed by atoms with Crippen LogP contribution in [0.15, 0.2) is 18.2 Å². The highest BCUT2D eigenvalue weighted by Crippen LogP contribution is 2.21. The Morgan fingerprint density at radius 3 is 2.58 bits per heavy atom. The van der Waals surface area contributed by atoms with Crippen molar-refractivity contribution in [2.24, 2.45) is 5.73 Å². The van der Waals surface area contributed by atoms with Crippen molar-refractivity contribution in [3.63, 3.8) is 0 Å². The molecule has 19 heavy (non-hydrogen) atoms. The molecule has 1 atom stereocenters. The van der Waals surface area contributed by atoms with E-state index in [4.69, 9.17) is 45.9 Å². The molecule has 0 bridgehead atoms. The van der Waals surface area contributed by atoms with Crippen molar-refractivity contribution in [1.82, 2.24) is 4.90 Å². The topological polar surface area (TPSA) is 55.6 Å². The number of amides is 1. The number of benzene rings is 1. The minimum Gasteiger partial charge on any atom is -0.391 e. The molecule has 0 aliphatic carbocycles. The van der Waals surface area contributed by atoms with Gasteiger partial charge in [0.2, 0.25) is 0 Å². The first-order valence-electron chi connectivity index (χ1n) is 5.63. The molecular weight excluding hydrogens is 307 g/mol. The molecule has 102 valence electrons. The normalized spacial score (nSPS) is 19.3. The second-order valence-electron chi connectivity index (χ2n) is 4.17. The Hall–Kier alpha value is -0.880. The lowest BCUT2D eigenvalue weighted by Crippen LogP contribution is -2.49. The highest BCUT2D eigenvalue weighted by molar-refractivity contribution is 7.80. The van der Waals surface area contributed by atoms with E-state index in [9.17, 15) is 4.79 Å². The van der Waals surface area contributed by atoms with Crippen LogP contribution >= 0.6 is 35.4 Å². The van der Waals surface area contributed by atoms with E-state index >= 15 is 0 Å². The standard InChI is InChI=1S/C12H12Cl2N2O2S/c13-8-3-7(4-9(14)5-8)12(17)16-1-2-18-10(6-16)11(15)19/h3-5,10H,1-2,6H2,(H2,15,19). The third-order valence-electron chi connectivity index (χ3n) is 2.78. The van der Waals surface area contributed by atoms with Gasteiger partial charge in [0.25, 0.3) is 5.91 Å². The minimum absolute atomic E-state index is 0.158. The maximum absolute atomic E-state index is 12.3. The second-order valence-corrected chi connectivity index (χ2v) is 5.52. The van der Waals surface area contributed by atoms with Gasteiger partial charge in [-0.05, 0) is 18.2 Å². The van der Waals surface area contributed by atoms with Crippen molar-refractivity contribution in [2.45, 2.75) is 6.10 Å². The van der Waals surface area contributed by atoms with Gasteiger partial charge in [-0.1, -0.05) is 35.4 Å². The Labute approximate surface area is 126 Å². The lowest BCUT2D eigenvalue weighted by atomic mass is 10.1. The molecule has 1 aromatic carbocycles. The summed E-state index contributed by atoms with van der Waals surface area (Å²) in [5, 5.41) is 0.852. The van der Waals surface area contributed by atoms with Crippen LogP contribution in [0.4, 0.5) is 0 Å². The predicted molar refractivity (Wildman–Crippen MR) is 78.9 cm³/mol. The molecule has 1 unspecified atom stereocenters. The van der Waals surface area contributed by atoms with Gasteiger partial charge in [-0.15, -0.1) is 0 Å². The summed E-state index contributed by atoms with van der Waals surface area (Å²) in [6.45, 7) is 1.24. The summed E-state index contributed by atoms with van der Waals surface area (Å²) in [6.07, 6.45) is -0.401. The van der Waals surface area contributed by atoms with Gasteiger partial charge in [0, 0.05) is 22.2 Å². The molecular formula is C12H12Cl2N2O2S. The number of nitrogens with two attached hydrogens (primary N) is 1. The number of nitrogens with zero attached hydrogens (tertiary/aromatic N) is 1. The zero-order chi connectivity index (χ0) is 14.0. The Bertz CT molecular complexity index is 504. The van der Waals surface area contributed by atoms with Crippen molar-refractivity contribution in [2.75, 3.05) is 19.7 Å². The number of thiocarbonyl (C=S) groups is 1. The highest BCUT2D eigenvalue weighted by Gasteiger charge is 2.26. The maximum atomic E-state index is 12.3. The van der Waals surface area contributed by atoms with Gasteiger partial charge in [0.05, 0.1) is 13.2 Å². The molecule has 1 fully saturated rings. The number of carbonyl (C=O) groups excluding carboxylic acids is 1. The maximum Gasteiger partial charge on any atom is 0.254 e. The Kier molecular flexibility index (Phi) is 4.62. The zero-order valence-electron chi connectivity index (χ0n) is 9.94. The largest absolute Gasteiger partial charge is 0.391 e. The van der Waals surface area contributed by atoms with Crippen molar-refractivity contribution in [3.05, 3.63) is 33.8 Å². The van der Waals surface area contributed by atoms with Crippen molar-refractivity contribution in [3.8, 4) is 0 Å². The first-order chi connectivity index (χ1) is 8.97. The Balaban J connectivity index is 2.16. The molecule has 1 amide bonds. The van der Waals surface area contributed by atoms with Crippen LogP contribution in [0.2, 0.25) is 10.0 Å². The number of hydrogen-bond donors (Lipinski definition) is 1. The third kappa shape index (κ3) is 3.57. The lowest BCUT2D eigenvalue weighted by molar-refractivity contribution is 0.00879. The molecule has 1 saturated heterocycles. The fourth-order valence-corrected chi connectivity index (χ4v) is 2.53. The molecule has 2 N–H and O–H groups in total. The zero-order valence-corrected chi connectivity index (χ0v) is 12.3. The van der Waals surface area contributed by atoms with Gasteiger partial charge in [-0.25, -0.2) is 0 Å². The van der Waals surface area contributed by atoms with E-state index in [1.165, 1.54) is 0 Å². The molecule has 0 saturated carbocycles. The minimum atomic E-state index is -0.401. The van der Waals surface area contributed by atoms with E-state index < -0.39 is 6.10 Å². The third-order valence-corrected chi connectivity index (χ3v) is 3.48. The number of carbonyl (C=O) groups is 1.